The van der Waals surface area contributed by atoms with Crippen LogP contribution in [0.1, 0.15) is 130 Å². The Hall–Kier alpha value is -1.68. The Bertz CT molecular complexity index is 1490. The maximum absolute atomic E-state index is 13.8. The summed E-state index contributed by atoms with van der Waals surface area (Å²) in [5, 5.41) is 0. The highest BCUT2D eigenvalue weighted by Crippen LogP contribution is 2.54. The quantitative estimate of drug-likeness (QED) is 0.0211. The van der Waals surface area contributed by atoms with Gasteiger partial charge in [-0.25, -0.2) is 18.3 Å². The molecular weight excluding hydrogens is 904 g/mol. The van der Waals surface area contributed by atoms with Crippen molar-refractivity contribution in [2.75, 3.05) is 13.2 Å². The molecule has 3 unspecified atom stereocenters. The molecule has 1 aliphatic carbocycles. The summed E-state index contributed by atoms with van der Waals surface area (Å²) in [6, 6.07) is 0. The molecule has 1 rings (SSSR count). The predicted molar refractivity (Wildman–Crippen MR) is 209 cm³/mol. The van der Waals surface area contributed by atoms with Crippen LogP contribution in [0.2, 0.25) is 0 Å². The molecule has 1 aliphatic rings. The van der Waals surface area contributed by atoms with Crippen molar-refractivity contribution in [3.05, 3.63) is 0 Å². The van der Waals surface area contributed by atoms with Gasteiger partial charge in [-0.1, -0.05) is 79.1 Å². The van der Waals surface area contributed by atoms with Crippen molar-refractivity contribution in [1.29, 1.82) is 0 Å². The van der Waals surface area contributed by atoms with E-state index in [-0.39, 0.29) is 25.7 Å². The average molecular weight is 967 g/mol. The molecule has 0 radical (unpaired) electrons. The zero-order valence-electron chi connectivity index (χ0n) is 34.6. The van der Waals surface area contributed by atoms with Crippen LogP contribution in [0.25, 0.3) is 0 Å². The van der Waals surface area contributed by atoms with E-state index >= 15 is 0 Å². The van der Waals surface area contributed by atoms with E-state index in [2.05, 4.69) is 13.6 Å². The van der Waals surface area contributed by atoms with Gasteiger partial charge < -0.3 is 53.2 Å². The van der Waals surface area contributed by atoms with E-state index in [4.69, 9.17) is 28.0 Å². The molecule has 1 saturated carbocycles. The summed E-state index contributed by atoms with van der Waals surface area (Å²) in [6.07, 6.45) is -10.8. The van der Waals surface area contributed by atoms with Crippen LogP contribution < -0.4 is 0 Å². The van der Waals surface area contributed by atoms with Gasteiger partial charge in [-0.3, -0.25) is 41.8 Å². The third kappa shape index (κ3) is 25.4. The number of esters is 4. The van der Waals surface area contributed by atoms with Crippen molar-refractivity contribution in [3.63, 3.8) is 0 Å². The van der Waals surface area contributed by atoms with E-state index < -0.39 is 124 Å². The molecule has 61 heavy (non-hydrogen) atoms. The molecule has 1 fully saturated rings. The van der Waals surface area contributed by atoms with Crippen molar-refractivity contribution in [2.24, 2.45) is 0 Å². The molecule has 24 nitrogen and oxygen atoms in total. The van der Waals surface area contributed by atoms with Crippen LogP contribution in [0.5, 0.6) is 0 Å². The van der Waals surface area contributed by atoms with Gasteiger partial charge in [0, 0.05) is 25.7 Å². The summed E-state index contributed by atoms with van der Waals surface area (Å²) in [5.41, 5.74) is 0. The Morgan fingerprint density at radius 1 is 0.443 bits per heavy atom. The van der Waals surface area contributed by atoms with Crippen LogP contribution in [0.15, 0.2) is 0 Å². The first-order valence-corrected chi connectivity index (χ1v) is 26.0. The fraction of sp³-hybridized carbons (Fsp3) is 0.879. The van der Waals surface area contributed by atoms with E-state index in [0.29, 0.717) is 19.3 Å². The first-order valence-electron chi connectivity index (χ1n) is 20.0. The van der Waals surface area contributed by atoms with Gasteiger partial charge >= 0.3 is 55.2 Å². The third-order valence-corrected chi connectivity index (χ3v) is 11.1. The number of phosphoric acid groups is 4. The van der Waals surface area contributed by atoms with Crippen molar-refractivity contribution < 1.29 is 113 Å². The Morgan fingerprint density at radius 3 is 1.21 bits per heavy atom. The summed E-state index contributed by atoms with van der Waals surface area (Å²) in [5.74, 6) is -3.99. The smallest absolute Gasteiger partial charge is 0.462 e. The lowest BCUT2D eigenvalue weighted by Crippen LogP contribution is -2.67. The van der Waals surface area contributed by atoms with E-state index in [0.717, 1.165) is 44.9 Å². The fourth-order valence-electron chi connectivity index (χ4n) is 5.90. The molecule has 0 saturated heterocycles. The lowest BCUT2D eigenvalue weighted by atomic mass is 9.84. The molecule has 0 aromatic carbocycles. The maximum atomic E-state index is 13.8. The number of rotatable bonds is 32. The van der Waals surface area contributed by atoms with E-state index in [1.165, 1.54) is 13.8 Å². The molecule has 28 heteroatoms. The molecule has 358 valence electrons. The van der Waals surface area contributed by atoms with Crippen LogP contribution >= 0.6 is 31.3 Å². The zero-order valence-corrected chi connectivity index (χ0v) is 38.2. The molecular formula is C33H62O24P4. The molecule has 0 bridgehead atoms. The second-order valence-corrected chi connectivity index (χ2v) is 19.0. The molecule has 0 heterocycles. The van der Waals surface area contributed by atoms with Crippen molar-refractivity contribution >= 4 is 55.2 Å². The normalized spacial score (nSPS) is 22.5. The SMILES string of the molecule is CCCCCCCC(=O)OC[C@H](COP(=O)(O)OC1[C@H](OC(=O)CCC)[C@H](OP(=O)(O)O)C(OP(=O)(O)O)[C@H](OP(=O)(O)O)[C@H]1OC(=O)CCC)OC(=O)CCCCCCC. The van der Waals surface area contributed by atoms with Gasteiger partial charge in [-0.2, -0.15) is 0 Å². The fourth-order valence-corrected chi connectivity index (χ4v) is 8.54. The van der Waals surface area contributed by atoms with Gasteiger partial charge in [0.2, 0.25) is 0 Å². The van der Waals surface area contributed by atoms with E-state index in [1.54, 1.807) is 0 Å². The molecule has 0 spiro atoms. The lowest BCUT2D eigenvalue weighted by Gasteiger charge is -2.48. The zero-order chi connectivity index (χ0) is 46.4. The number of hydrogen-bond donors (Lipinski definition) is 7. The number of ether oxygens (including phenoxy) is 4. The van der Waals surface area contributed by atoms with Crippen LogP contribution in [0.4, 0.5) is 0 Å². The second kappa shape index (κ2) is 28.3. The Balaban J connectivity index is 3.74. The van der Waals surface area contributed by atoms with Crippen molar-refractivity contribution in [3.8, 4) is 0 Å². The maximum Gasteiger partial charge on any atom is 0.472 e. The highest BCUT2D eigenvalue weighted by Gasteiger charge is 2.62. The Labute approximate surface area is 354 Å². The average Bonchev–Trinajstić information content (AvgIpc) is 3.12. The molecule has 8 atom stereocenters. The first kappa shape index (κ1) is 57.3. The summed E-state index contributed by atoms with van der Waals surface area (Å²) in [6.45, 7) is 5.25. The van der Waals surface area contributed by atoms with Crippen molar-refractivity contribution in [1.82, 2.24) is 0 Å². The second-order valence-electron chi connectivity index (χ2n) is 14.0. The van der Waals surface area contributed by atoms with Crippen LogP contribution in [0, 0.1) is 0 Å². The predicted octanol–water partition coefficient (Wildman–Crippen LogP) is 4.54. The number of carbonyl (C=O) groups excluding carboxylic acids is 4. The number of carbonyl (C=O) groups is 4. The molecule has 0 amide bonds. The number of hydrogen-bond acceptors (Lipinski definition) is 17. The monoisotopic (exact) mass is 966 g/mol. The van der Waals surface area contributed by atoms with Gasteiger partial charge in [0.05, 0.1) is 6.61 Å². The van der Waals surface area contributed by atoms with Crippen LogP contribution in [-0.4, -0.2) is 114 Å². The lowest BCUT2D eigenvalue weighted by molar-refractivity contribution is -0.231. The van der Waals surface area contributed by atoms with Gasteiger partial charge in [0.1, 0.15) is 31.0 Å². The molecule has 0 aromatic rings. The minimum absolute atomic E-state index is 0.00462. The molecule has 7 N–H and O–H groups in total. The standard InChI is InChI=1S/C33H62O24P4/c1-5-9-11-13-15-19-24(34)49-21-23(51-27(37)20-16-14-12-10-6-2)22-50-61(47,48)57-30-28(52-25(35)17-7-3)31(54-58(38,39)40)33(56-60(44,45)46)32(55-59(41,42)43)29(30)53-26(36)18-8-4/h23,28-33H,5-22H2,1-4H3,(H,47,48)(H2,38,39,40)(H2,41,42,43)(H2,44,45,46)/t23-,28+,29+,30?,31-,32+,33?/m1/s1. The van der Waals surface area contributed by atoms with Crippen LogP contribution in [-0.2, 0) is 79.0 Å². The Morgan fingerprint density at radius 2 is 0.820 bits per heavy atom. The van der Waals surface area contributed by atoms with Crippen molar-refractivity contribution in [2.45, 2.75) is 173 Å². The van der Waals surface area contributed by atoms with E-state index in [9.17, 15) is 71.7 Å². The summed E-state index contributed by atoms with van der Waals surface area (Å²) in [4.78, 5) is 121. The largest absolute Gasteiger partial charge is 0.472 e. The summed E-state index contributed by atoms with van der Waals surface area (Å²) in [7, 11) is -23.5. The number of unbranched alkanes of at least 4 members (excludes halogenated alkanes) is 8. The highest BCUT2D eigenvalue weighted by atomic mass is 31.2. The molecule has 0 aliphatic heterocycles. The van der Waals surface area contributed by atoms with Gasteiger partial charge in [0.15, 0.2) is 18.3 Å². The van der Waals surface area contributed by atoms with E-state index in [1.807, 2.05) is 13.8 Å². The minimum atomic E-state index is -5.92. The van der Waals surface area contributed by atoms with Gasteiger partial charge in [-0.15, -0.1) is 0 Å². The summed E-state index contributed by atoms with van der Waals surface area (Å²) < 4.78 is 95.9. The van der Waals surface area contributed by atoms with Crippen LogP contribution in [0.3, 0.4) is 0 Å². The van der Waals surface area contributed by atoms with Gasteiger partial charge in [0.25, 0.3) is 0 Å². The highest BCUT2D eigenvalue weighted by molar-refractivity contribution is 7.47. The van der Waals surface area contributed by atoms with Gasteiger partial charge in [-0.05, 0) is 25.7 Å². The third-order valence-electron chi connectivity index (χ3n) is 8.54. The topological polar surface area (TPSA) is 361 Å². The first-order chi connectivity index (χ1) is 28.3. The molecule has 0 aromatic heterocycles. The Kier molecular flexibility index (Phi) is 26.6. The summed E-state index contributed by atoms with van der Waals surface area (Å²) >= 11 is 0. The minimum Gasteiger partial charge on any atom is -0.462 e. The number of phosphoric ester groups is 4.